The molecular formula is C26H31FN4O3S. The van der Waals surface area contributed by atoms with Gasteiger partial charge in [-0.3, -0.25) is 0 Å². The number of anilines is 1. The van der Waals surface area contributed by atoms with Gasteiger partial charge in [-0.2, -0.15) is 5.11 Å². The number of ether oxygens (including phenoxy) is 2. The molecule has 1 aromatic heterocycles. The third-order valence-electron chi connectivity index (χ3n) is 5.17. The molecule has 35 heavy (non-hydrogen) atoms. The average Bonchev–Trinajstić information content (AvgIpc) is 3.32. The Hall–Kier alpha value is -3.33. The van der Waals surface area contributed by atoms with Gasteiger partial charge in [-0.15, -0.1) is 5.11 Å². The van der Waals surface area contributed by atoms with Crippen LogP contribution in [0.15, 0.2) is 58.9 Å². The molecule has 0 amide bonds. The highest BCUT2D eigenvalue weighted by molar-refractivity contribution is 7.15. The standard InChI is InChI=1S/C26H31FN4O3S/c1-4-5-6-7-8-9-16-33-24-18-28-25(35-24)26(32)34-21-14-15-23(22(27)17-21)30-29-19-10-12-20(13-11-19)31(2)3/h10-15,17-18H,4-9,16H2,1-3H3. The molecule has 0 fully saturated rings. The normalized spacial score (nSPS) is 11.1. The van der Waals surface area contributed by atoms with Gasteiger partial charge in [-0.05, 0) is 42.8 Å². The van der Waals surface area contributed by atoms with Crippen LogP contribution in [0.1, 0.15) is 55.3 Å². The lowest BCUT2D eigenvalue weighted by molar-refractivity contribution is 0.0734. The van der Waals surface area contributed by atoms with E-state index in [1.54, 1.807) is 12.1 Å². The number of thiazole rings is 1. The smallest absolute Gasteiger partial charge is 0.372 e. The van der Waals surface area contributed by atoms with Crippen LogP contribution in [-0.2, 0) is 0 Å². The third kappa shape index (κ3) is 8.43. The molecule has 9 heteroatoms. The molecule has 0 N–H and O–H groups in total. The fourth-order valence-electron chi connectivity index (χ4n) is 3.19. The molecule has 0 aliphatic carbocycles. The summed E-state index contributed by atoms with van der Waals surface area (Å²) in [6.07, 6.45) is 8.55. The van der Waals surface area contributed by atoms with Crippen molar-refractivity contribution in [2.75, 3.05) is 25.6 Å². The first-order valence-electron chi connectivity index (χ1n) is 11.8. The molecule has 0 spiro atoms. The Morgan fingerprint density at radius 3 is 2.49 bits per heavy atom. The summed E-state index contributed by atoms with van der Waals surface area (Å²) in [5.41, 5.74) is 1.67. The van der Waals surface area contributed by atoms with E-state index in [1.807, 2.05) is 31.1 Å². The van der Waals surface area contributed by atoms with Crippen molar-refractivity contribution in [1.82, 2.24) is 4.98 Å². The van der Waals surface area contributed by atoms with E-state index in [-0.39, 0.29) is 16.4 Å². The van der Waals surface area contributed by atoms with Crippen molar-refractivity contribution in [1.29, 1.82) is 0 Å². The average molecular weight is 499 g/mol. The van der Waals surface area contributed by atoms with Crippen LogP contribution in [0, 0.1) is 5.82 Å². The molecule has 3 aromatic rings. The summed E-state index contributed by atoms with van der Waals surface area (Å²) in [7, 11) is 3.89. The fraction of sp³-hybridized carbons (Fsp3) is 0.385. The number of hydrogen-bond acceptors (Lipinski definition) is 8. The molecule has 0 saturated heterocycles. The number of azo groups is 1. The Morgan fingerprint density at radius 1 is 1.03 bits per heavy atom. The van der Waals surface area contributed by atoms with Crippen molar-refractivity contribution in [3.63, 3.8) is 0 Å². The lowest BCUT2D eigenvalue weighted by atomic mass is 10.1. The van der Waals surface area contributed by atoms with Crippen molar-refractivity contribution < 1.29 is 18.7 Å². The van der Waals surface area contributed by atoms with Gasteiger partial charge >= 0.3 is 5.97 Å². The summed E-state index contributed by atoms with van der Waals surface area (Å²) >= 11 is 1.11. The highest BCUT2D eigenvalue weighted by atomic mass is 32.1. The molecule has 0 atom stereocenters. The van der Waals surface area contributed by atoms with Crippen LogP contribution in [0.5, 0.6) is 10.8 Å². The quantitative estimate of drug-likeness (QED) is 0.104. The monoisotopic (exact) mass is 498 g/mol. The van der Waals surface area contributed by atoms with Gasteiger partial charge in [-0.1, -0.05) is 50.4 Å². The number of benzene rings is 2. The number of hydrogen-bond donors (Lipinski definition) is 0. The van der Waals surface area contributed by atoms with Crippen LogP contribution in [0.2, 0.25) is 0 Å². The number of nitrogens with zero attached hydrogens (tertiary/aromatic N) is 4. The number of esters is 1. The summed E-state index contributed by atoms with van der Waals surface area (Å²) < 4.78 is 25.4. The Balaban J connectivity index is 1.50. The molecule has 0 radical (unpaired) electrons. The minimum Gasteiger partial charge on any atom is -0.483 e. The van der Waals surface area contributed by atoms with E-state index in [1.165, 1.54) is 44.0 Å². The number of carbonyl (C=O) groups excluding carboxylic acids is 1. The Labute approximate surface area is 209 Å². The van der Waals surface area contributed by atoms with Crippen molar-refractivity contribution in [3.8, 4) is 10.8 Å². The number of carbonyl (C=O) groups is 1. The van der Waals surface area contributed by atoms with Crippen molar-refractivity contribution in [2.24, 2.45) is 10.2 Å². The molecule has 0 unspecified atom stereocenters. The molecule has 7 nitrogen and oxygen atoms in total. The van der Waals surface area contributed by atoms with E-state index in [9.17, 15) is 9.18 Å². The topological polar surface area (TPSA) is 76.4 Å². The predicted octanol–water partition coefficient (Wildman–Crippen LogP) is 7.72. The first-order valence-corrected chi connectivity index (χ1v) is 12.6. The molecule has 1 heterocycles. The van der Waals surface area contributed by atoms with E-state index >= 15 is 0 Å². The molecule has 0 aliphatic rings. The second-order valence-electron chi connectivity index (χ2n) is 8.21. The van der Waals surface area contributed by atoms with Crippen molar-refractivity contribution >= 4 is 34.4 Å². The summed E-state index contributed by atoms with van der Waals surface area (Å²) in [4.78, 5) is 18.4. The van der Waals surface area contributed by atoms with Crippen LogP contribution >= 0.6 is 11.3 Å². The minimum absolute atomic E-state index is 0.0427. The van der Waals surface area contributed by atoms with Crippen LogP contribution in [0.4, 0.5) is 21.5 Å². The van der Waals surface area contributed by atoms with Crippen LogP contribution < -0.4 is 14.4 Å². The summed E-state index contributed by atoms with van der Waals surface area (Å²) in [5, 5.41) is 8.73. The first-order chi connectivity index (χ1) is 17.0. The largest absolute Gasteiger partial charge is 0.483 e. The predicted molar refractivity (Wildman–Crippen MR) is 137 cm³/mol. The van der Waals surface area contributed by atoms with E-state index in [4.69, 9.17) is 9.47 Å². The maximum Gasteiger partial charge on any atom is 0.372 e. The van der Waals surface area contributed by atoms with Gasteiger partial charge in [0.15, 0.2) is 10.9 Å². The Kier molecular flexibility index (Phi) is 10.2. The Bertz CT molecular complexity index is 1120. The van der Waals surface area contributed by atoms with E-state index in [0.29, 0.717) is 17.4 Å². The van der Waals surface area contributed by atoms with Gasteiger partial charge in [0.2, 0.25) is 5.01 Å². The number of halogens is 1. The van der Waals surface area contributed by atoms with E-state index in [2.05, 4.69) is 22.1 Å². The van der Waals surface area contributed by atoms with Gasteiger partial charge in [-0.25, -0.2) is 14.2 Å². The highest BCUT2D eigenvalue weighted by Gasteiger charge is 2.16. The minimum atomic E-state index is -0.667. The van der Waals surface area contributed by atoms with Crippen molar-refractivity contribution in [2.45, 2.75) is 45.4 Å². The SMILES string of the molecule is CCCCCCCCOc1cnc(C(=O)Oc2ccc(N=Nc3ccc(N(C)C)cc3)c(F)c2)s1. The first kappa shape index (κ1) is 26.3. The second-order valence-corrected chi connectivity index (χ2v) is 9.21. The zero-order chi connectivity index (χ0) is 25.0. The summed E-state index contributed by atoms with van der Waals surface area (Å²) in [5.74, 6) is -1.25. The van der Waals surface area contributed by atoms with E-state index < -0.39 is 11.8 Å². The molecular weight excluding hydrogens is 467 g/mol. The lowest BCUT2D eigenvalue weighted by Crippen LogP contribution is -2.07. The van der Waals surface area contributed by atoms with Gasteiger partial charge in [0.1, 0.15) is 11.4 Å². The lowest BCUT2D eigenvalue weighted by Gasteiger charge is -2.11. The maximum atomic E-state index is 14.5. The molecule has 0 bridgehead atoms. The summed E-state index contributed by atoms with van der Waals surface area (Å²) in [6.45, 7) is 2.78. The number of aromatic nitrogens is 1. The van der Waals surface area contributed by atoms with E-state index in [0.717, 1.165) is 35.9 Å². The van der Waals surface area contributed by atoms with Gasteiger partial charge in [0.05, 0.1) is 18.5 Å². The molecule has 0 aliphatic heterocycles. The zero-order valence-corrected chi connectivity index (χ0v) is 21.2. The zero-order valence-electron chi connectivity index (χ0n) is 20.4. The van der Waals surface area contributed by atoms with Crippen molar-refractivity contribution in [3.05, 3.63) is 59.5 Å². The Morgan fingerprint density at radius 2 is 1.77 bits per heavy atom. The highest BCUT2D eigenvalue weighted by Crippen LogP contribution is 2.28. The van der Waals surface area contributed by atoms with Crippen LogP contribution in [-0.4, -0.2) is 31.7 Å². The van der Waals surface area contributed by atoms with Crippen LogP contribution in [0.3, 0.4) is 0 Å². The number of unbranched alkanes of at least 4 members (excludes halogenated alkanes) is 5. The fourth-order valence-corrected chi connectivity index (χ4v) is 3.86. The maximum absolute atomic E-state index is 14.5. The van der Waals surface area contributed by atoms with Gasteiger partial charge < -0.3 is 14.4 Å². The molecule has 0 saturated carbocycles. The molecule has 3 rings (SSSR count). The number of rotatable bonds is 13. The molecule has 186 valence electrons. The van der Waals surface area contributed by atoms with Gasteiger partial charge in [0.25, 0.3) is 0 Å². The molecule has 2 aromatic carbocycles. The van der Waals surface area contributed by atoms with Gasteiger partial charge in [0, 0.05) is 25.8 Å². The third-order valence-corrected chi connectivity index (χ3v) is 6.06. The summed E-state index contributed by atoms with van der Waals surface area (Å²) in [6, 6.07) is 11.4. The second kappa shape index (κ2) is 13.5. The van der Waals surface area contributed by atoms with Crippen LogP contribution in [0.25, 0.3) is 0 Å².